The predicted molar refractivity (Wildman–Crippen MR) is 91.4 cm³/mol. The van der Waals surface area contributed by atoms with Crippen LogP contribution in [-0.2, 0) is 10.0 Å². The van der Waals surface area contributed by atoms with Gasteiger partial charge in [-0.1, -0.05) is 23.7 Å². The number of nitrogens with one attached hydrogen (secondary N) is 2. The smallest absolute Gasteiger partial charge is 0.233 e. The Morgan fingerprint density at radius 3 is 2.50 bits per heavy atom. The molecule has 0 spiro atoms. The molecule has 0 unspecified atom stereocenters. The lowest BCUT2D eigenvalue weighted by Gasteiger charge is -2.23. The maximum atomic E-state index is 11.9. The monoisotopic (exact) mass is 343 g/mol. The molecule has 0 radical (unpaired) electrons. The Hall–Kier alpha value is -0.880. The van der Waals surface area contributed by atoms with Gasteiger partial charge in [-0.3, -0.25) is 0 Å². The molecular formula is C16H24ClN2O2S+. The highest BCUT2D eigenvalue weighted by Gasteiger charge is 2.13. The van der Waals surface area contributed by atoms with Crippen LogP contribution in [0.1, 0.15) is 31.2 Å². The molecule has 1 fully saturated rings. The number of likely N-dealkylation sites (tertiary alicyclic amines) is 1. The summed E-state index contributed by atoms with van der Waals surface area (Å²) in [6.45, 7) is 3.99. The van der Waals surface area contributed by atoms with E-state index < -0.39 is 10.0 Å². The third kappa shape index (κ3) is 6.48. The van der Waals surface area contributed by atoms with E-state index in [-0.39, 0.29) is 0 Å². The summed E-state index contributed by atoms with van der Waals surface area (Å²) in [6.07, 6.45) is 6.39. The quantitative estimate of drug-likeness (QED) is 0.740. The first-order valence-electron chi connectivity index (χ1n) is 7.82. The molecule has 0 aromatic heterocycles. The Morgan fingerprint density at radius 1 is 1.14 bits per heavy atom. The molecule has 4 nitrogen and oxygen atoms in total. The zero-order valence-electron chi connectivity index (χ0n) is 12.7. The van der Waals surface area contributed by atoms with Gasteiger partial charge in [-0.25, -0.2) is 13.1 Å². The third-order valence-electron chi connectivity index (χ3n) is 3.88. The molecule has 0 aliphatic carbocycles. The number of halogens is 1. The van der Waals surface area contributed by atoms with Gasteiger partial charge in [0, 0.05) is 23.4 Å². The molecule has 6 heteroatoms. The summed E-state index contributed by atoms with van der Waals surface area (Å²) in [5.74, 6) is 0. The lowest BCUT2D eigenvalue weighted by Crippen LogP contribution is -3.12. The van der Waals surface area contributed by atoms with Crippen LogP contribution in [0.4, 0.5) is 0 Å². The second kappa shape index (κ2) is 8.67. The van der Waals surface area contributed by atoms with Crippen LogP contribution < -0.4 is 9.62 Å². The van der Waals surface area contributed by atoms with Crippen molar-refractivity contribution in [2.75, 3.05) is 26.2 Å². The molecule has 0 saturated carbocycles. The standard InChI is InChI=1S/C16H23ClN2O2S/c17-16-7-5-15(6-8-16)9-14-22(20,21)18-10-4-13-19-11-2-1-3-12-19/h5-9,14,18H,1-4,10-13H2/p+1/b14-9+. The Bertz CT molecular complexity index is 579. The van der Waals surface area contributed by atoms with Crippen LogP contribution in [0, 0.1) is 0 Å². The number of benzene rings is 1. The van der Waals surface area contributed by atoms with Crippen molar-refractivity contribution in [2.24, 2.45) is 0 Å². The van der Waals surface area contributed by atoms with Gasteiger partial charge in [0.05, 0.1) is 19.6 Å². The third-order valence-corrected chi connectivity index (χ3v) is 5.23. The van der Waals surface area contributed by atoms with Gasteiger partial charge in [0.25, 0.3) is 0 Å². The number of hydrogen-bond acceptors (Lipinski definition) is 2. The molecule has 2 rings (SSSR count). The number of sulfonamides is 1. The SMILES string of the molecule is O=S(=O)(/C=C/c1ccc(Cl)cc1)NCCC[NH+]1CCCCC1. The van der Waals surface area contributed by atoms with E-state index in [1.165, 1.54) is 37.8 Å². The second-order valence-electron chi connectivity index (χ2n) is 5.71. The molecule has 1 saturated heterocycles. The van der Waals surface area contributed by atoms with Crippen molar-refractivity contribution >= 4 is 27.7 Å². The van der Waals surface area contributed by atoms with Gasteiger partial charge >= 0.3 is 0 Å². The fourth-order valence-corrected chi connectivity index (χ4v) is 3.63. The average Bonchev–Trinajstić information content (AvgIpc) is 2.52. The lowest BCUT2D eigenvalue weighted by atomic mass is 10.1. The molecule has 122 valence electrons. The molecule has 1 heterocycles. The number of rotatable bonds is 7. The average molecular weight is 344 g/mol. The Kier molecular flexibility index (Phi) is 6.89. The molecule has 1 aliphatic rings. The molecule has 1 aromatic rings. The van der Waals surface area contributed by atoms with E-state index in [1.54, 1.807) is 35.2 Å². The van der Waals surface area contributed by atoms with E-state index in [0.29, 0.717) is 11.6 Å². The molecule has 0 atom stereocenters. The van der Waals surface area contributed by atoms with Gasteiger partial charge in [0.15, 0.2) is 0 Å². The maximum Gasteiger partial charge on any atom is 0.233 e. The van der Waals surface area contributed by atoms with Crippen molar-refractivity contribution in [3.05, 3.63) is 40.3 Å². The van der Waals surface area contributed by atoms with Gasteiger partial charge < -0.3 is 4.90 Å². The van der Waals surface area contributed by atoms with E-state index in [9.17, 15) is 8.42 Å². The van der Waals surface area contributed by atoms with Crippen LogP contribution in [-0.4, -0.2) is 34.6 Å². The maximum absolute atomic E-state index is 11.9. The summed E-state index contributed by atoms with van der Waals surface area (Å²) in [5.41, 5.74) is 0.813. The lowest BCUT2D eigenvalue weighted by molar-refractivity contribution is -0.904. The minimum absolute atomic E-state index is 0.497. The molecule has 2 N–H and O–H groups in total. The van der Waals surface area contributed by atoms with E-state index in [2.05, 4.69) is 4.72 Å². The van der Waals surface area contributed by atoms with Crippen molar-refractivity contribution in [1.82, 2.24) is 4.72 Å². The van der Waals surface area contributed by atoms with Crippen molar-refractivity contribution in [1.29, 1.82) is 0 Å². The molecule has 22 heavy (non-hydrogen) atoms. The number of quaternary nitrogens is 1. The van der Waals surface area contributed by atoms with Gasteiger partial charge in [0.2, 0.25) is 10.0 Å². The van der Waals surface area contributed by atoms with E-state index >= 15 is 0 Å². The second-order valence-corrected chi connectivity index (χ2v) is 7.80. The molecule has 0 bridgehead atoms. The van der Waals surface area contributed by atoms with Crippen LogP contribution in [0.25, 0.3) is 6.08 Å². The van der Waals surface area contributed by atoms with Crippen LogP contribution >= 0.6 is 11.6 Å². The summed E-state index contributed by atoms with van der Waals surface area (Å²) < 4.78 is 26.4. The molecular weight excluding hydrogens is 320 g/mol. The highest BCUT2D eigenvalue weighted by Crippen LogP contribution is 2.11. The zero-order chi connectivity index (χ0) is 15.8. The fourth-order valence-electron chi connectivity index (χ4n) is 2.64. The zero-order valence-corrected chi connectivity index (χ0v) is 14.3. The van der Waals surface area contributed by atoms with Gasteiger partial charge in [-0.05, 0) is 43.0 Å². The Balaban J connectivity index is 1.72. The number of piperidine rings is 1. The van der Waals surface area contributed by atoms with E-state index in [1.807, 2.05) is 0 Å². The highest BCUT2D eigenvalue weighted by atomic mass is 35.5. The molecule has 1 aliphatic heterocycles. The van der Waals surface area contributed by atoms with Crippen molar-refractivity contribution in [3.63, 3.8) is 0 Å². The summed E-state index contributed by atoms with van der Waals surface area (Å²) in [4.78, 5) is 1.60. The molecule has 0 amide bonds. The van der Waals surface area contributed by atoms with Crippen molar-refractivity contribution < 1.29 is 13.3 Å². The Morgan fingerprint density at radius 2 is 1.82 bits per heavy atom. The normalized spacial score (nSPS) is 17.1. The molecule has 1 aromatic carbocycles. The van der Waals surface area contributed by atoms with Gasteiger partial charge in [-0.2, -0.15) is 0 Å². The van der Waals surface area contributed by atoms with Crippen molar-refractivity contribution in [3.8, 4) is 0 Å². The van der Waals surface area contributed by atoms with Gasteiger partial charge in [-0.15, -0.1) is 0 Å². The fraction of sp³-hybridized carbons (Fsp3) is 0.500. The predicted octanol–water partition coefficient (Wildman–Crippen LogP) is 1.69. The first-order valence-corrected chi connectivity index (χ1v) is 9.74. The summed E-state index contributed by atoms with van der Waals surface area (Å²) >= 11 is 5.79. The highest BCUT2D eigenvalue weighted by molar-refractivity contribution is 7.92. The number of hydrogen-bond donors (Lipinski definition) is 2. The van der Waals surface area contributed by atoms with Gasteiger partial charge in [0.1, 0.15) is 0 Å². The first kappa shape index (κ1) is 17.5. The summed E-state index contributed by atoms with van der Waals surface area (Å²) in [7, 11) is -3.37. The van der Waals surface area contributed by atoms with Crippen molar-refractivity contribution in [2.45, 2.75) is 25.7 Å². The Labute approximate surface area is 138 Å². The van der Waals surface area contributed by atoms with Crippen LogP contribution in [0.15, 0.2) is 29.7 Å². The van der Waals surface area contributed by atoms with Crippen LogP contribution in [0.3, 0.4) is 0 Å². The van der Waals surface area contributed by atoms with Crippen LogP contribution in [0.5, 0.6) is 0 Å². The van der Waals surface area contributed by atoms with E-state index in [0.717, 1.165) is 18.5 Å². The summed E-state index contributed by atoms with van der Waals surface area (Å²) in [6, 6.07) is 7.05. The summed E-state index contributed by atoms with van der Waals surface area (Å²) in [5, 5.41) is 1.85. The first-order chi connectivity index (χ1) is 10.6. The topological polar surface area (TPSA) is 50.6 Å². The van der Waals surface area contributed by atoms with E-state index in [4.69, 9.17) is 11.6 Å². The minimum Gasteiger partial charge on any atom is -0.335 e. The minimum atomic E-state index is -3.37. The largest absolute Gasteiger partial charge is 0.335 e. The van der Waals surface area contributed by atoms with Crippen LogP contribution in [0.2, 0.25) is 5.02 Å².